The number of esters is 1. The SMILES string of the molecule is COC(=O)/C=C/NCC(C)OC. The Balaban J connectivity index is 3.42. The summed E-state index contributed by atoms with van der Waals surface area (Å²) < 4.78 is 9.36. The fourth-order valence-corrected chi connectivity index (χ4v) is 0.512. The zero-order valence-electron chi connectivity index (χ0n) is 7.66. The summed E-state index contributed by atoms with van der Waals surface area (Å²) in [6.07, 6.45) is 3.00. The van der Waals surface area contributed by atoms with Crippen LogP contribution in [0.15, 0.2) is 12.3 Å². The maximum Gasteiger partial charge on any atom is 0.331 e. The van der Waals surface area contributed by atoms with Crippen molar-refractivity contribution in [1.29, 1.82) is 0 Å². The lowest BCUT2D eigenvalue weighted by molar-refractivity contribution is -0.134. The number of hydrogen-bond donors (Lipinski definition) is 1. The quantitative estimate of drug-likeness (QED) is 0.479. The first-order valence-electron chi connectivity index (χ1n) is 3.71. The first-order valence-corrected chi connectivity index (χ1v) is 3.71. The third-order valence-corrected chi connectivity index (χ3v) is 1.35. The summed E-state index contributed by atoms with van der Waals surface area (Å²) >= 11 is 0. The number of hydrogen-bond acceptors (Lipinski definition) is 4. The lowest BCUT2D eigenvalue weighted by Gasteiger charge is -2.07. The number of ether oxygens (including phenoxy) is 2. The maximum atomic E-state index is 10.5. The molecular weight excluding hydrogens is 158 g/mol. The monoisotopic (exact) mass is 173 g/mol. The van der Waals surface area contributed by atoms with Gasteiger partial charge in [0.2, 0.25) is 0 Å². The summed E-state index contributed by atoms with van der Waals surface area (Å²) in [5.74, 6) is -0.368. The van der Waals surface area contributed by atoms with Crippen molar-refractivity contribution in [2.24, 2.45) is 0 Å². The molecule has 0 amide bonds. The normalized spacial score (nSPS) is 12.9. The molecule has 1 atom stereocenters. The van der Waals surface area contributed by atoms with Crippen LogP contribution in [0.4, 0.5) is 0 Å². The molecule has 0 radical (unpaired) electrons. The van der Waals surface area contributed by atoms with Crippen LogP contribution in [0.25, 0.3) is 0 Å². The first kappa shape index (κ1) is 11.0. The molecule has 70 valence electrons. The molecule has 0 saturated carbocycles. The van der Waals surface area contributed by atoms with E-state index in [1.165, 1.54) is 13.2 Å². The van der Waals surface area contributed by atoms with E-state index in [0.717, 1.165) is 0 Å². The summed E-state index contributed by atoms with van der Waals surface area (Å²) in [7, 11) is 2.97. The molecule has 4 heteroatoms. The number of methoxy groups -OCH3 is 2. The zero-order valence-corrected chi connectivity index (χ0v) is 7.66. The van der Waals surface area contributed by atoms with Gasteiger partial charge in [-0.05, 0) is 6.92 Å². The van der Waals surface area contributed by atoms with E-state index in [1.807, 2.05) is 6.92 Å². The van der Waals surface area contributed by atoms with Crippen LogP contribution < -0.4 is 5.32 Å². The molecule has 1 unspecified atom stereocenters. The maximum absolute atomic E-state index is 10.5. The Morgan fingerprint density at radius 1 is 1.58 bits per heavy atom. The minimum absolute atomic E-state index is 0.132. The molecule has 0 bridgehead atoms. The van der Waals surface area contributed by atoms with Crippen molar-refractivity contribution in [3.8, 4) is 0 Å². The third-order valence-electron chi connectivity index (χ3n) is 1.35. The van der Waals surface area contributed by atoms with E-state index in [9.17, 15) is 4.79 Å². The summed E-state index contributed by atoms with van der Waals surface area (Å²) in [6, 6.07) is 0. The molecule has 0 rings (SSSR count). The van der Waals surface area contributed by atoms with E-state index in [1.54, 1.807) is 13.3 Å². The average Bonchev–Trinajstić information content (AvgIpc) is 2.11. The third kappa shape index (κ3) is 5.73. The van der Waals surface area contributed by atoms with Gasteiger partial charge in [0, 0.05) is 25.9 Å². The van der Waals surface area contributed by atoms with Crippen molar-refractivity contribution in [2.45, 2.75) is 13.0 Å². The van der Waals surface area contributed by atoms with E-state index in [2.05, 4.69) is 10.1 Å². The predicted molar refractivity (Wildman–Crippen MR) is 45.6 cm³/mol. The highest BCUT2D eigenvalue weighted by molar-refractivity contribution is 5.81. The van der Waals surface area contributed by atoms with Crippen molar-refractivity contribution in [2.75, 3.05) is 20.8 Å². The summed E-state index contributed by atoms with van der Waals surface area (Å²) in [4.78, 5) is 10.5. The summed E-state index contributed by atoms with van der Waals surface area (Å²) in [6.45, 7) is 2.60. The summed E-state index contributed by atoms with van der Waals surface area (Å²) in [5.41, 5.74) is 0. The molecule has 0 aliphatic carbocycles. The number of nitrogens with one attached hydrogen (secondary N) is 1. The Hall–Kier alpha value is -1.03. The van der Waals surface area contributed by atoms with Crippen molar-refractivity contribution in [3.63, 3.8) is 0 Å². The second-order valence-corrected chi connectivity index (χ2v) is 2.31. The van der Waals surface area contributed by atoms with Gasteiger partial charge in [0.05, 0.1) is 13.2 Å². The van der Waals surface area contributed by atoms with Gasteiger partial charge in [-0.1, -0.05) is 0 Å². The second-order valence-electron chi connectivity index (χ2n) is 2.31. The molecule has 0 aliphatic heterocycles. The molecule has 0 fully saturated rings. The Morgan fingerprint density at radius 3 is 2.75 bits per heavy atom. The molecule has 0 aliphatic rings. The van der Waals surface area contributed by atoms with Crippen molar-refractivity contribution < 1.29 is 14.3 Å². The molecule has 0 spiro atoms. The van der Waals surface area contributed by atoms with E-state index in [-0.39, 0.29) is 12.1 Å². The lowest BCUT2D eigenvalue weighted by Crippen LogP contribution is -2.21. The second kappa shape index (κ2) is 6.67. The van der Waals surface area contributed by atoms with Crippen LogP contribution >= 0.6 is 0 Å². The highest BCUT2D eigenvalue weighted by Gasteiger charge is 1.95. The Bertz CT molecular complexity index is 156. The van der Waals surface area contributed by atoms with Crippen LogP contribution in [0.2, 0.25) is 0 Å². The Labute approximate surface area is 72.5 Å². The number of carbonyl (C=O) groups is 1. The molecule has 0 saturated heterocycles. The molecule has 0 aromatic carbocycles. The van der Waals surface area contributed by atoms with Crippen molar-refractivity contribution in [3.05, 3.63) is 12.3 Å². The molecular formula is C8H15NO3. The Morgan fingerprint density at radius 2 is 2.25 bits per heavy atom. The van der Waals surface area contributed by atoms with Gasteiger partial charge in [-0.15, -0.1) is 0 Å². The van der Waals surface area contributed by atoms with E-state index in [0.29, 0.717) is 6.54 Å². The minimum atomic E-state index is -0.368. The highest BCUT2D eigenvalue weighted by atomic mass is 16.5. The van der Waals surface area contributed by atoms with E-state index < -0.39 is 0 Å². The van der Waals surface area contributed by atoms with Crippen LogP contribution in [-0.4, -0.2) is 32.8 Å². The van der Waals surface area contributed by atoms with Gasteiger partial charge in [-0.25, -0.2) is 4.79 Å². The van der Waals surface area contributed by atoms with Crippen molar-refractivity contribution >= 4 is 5.97 Å². The van der Waals surface area contributed by atoms with Crippen LogP contribution in [0.1, 0.15) is 6.92 Å². The van der Waals surface area contributed by atoms with Gasteiger partial charge in [0.15, 0.2) is 0 Å². The van der Waals surface area contributed by atoms with Gasteiger partial charge in [-0.2, -0.15) is 0 Å². The van der Waals surface area contributed by atoms with Crippen LogP contribution in [0.5, 0.6) is 0 Å². The topological polar surface area (TPSA) is 47.6 Å². The molecule has 0 aromatic rings. The van der Waals surface area contributed by atoms with Crippen molar-refractivity contribution in [1.82, 2.24) is 5.32 Å². The van der Waals surface area contributed by atoms with E-state index >= 15 is 0 Å². The minimum Gasteiger partial charge on any atom is -0.466 e. The fraction of sp³-hybridized carbons (Fsp3) is 0.625. The van der Waals surface area contributed by atoms with Gasteiger partial charge < -0.3 is 14.8 Å². The summed E-state index contributed by atoms with van der Waals surface area (Å²) in [5, 5.41) is 2.89. The molecule has 4 nitrogen and oxygen atoms in total. The standard InChI is InChI=1S/C8H15NO3/c1-7(11-2)6-9-5-4-8(10)12-3/h4-5,7,9H,6H2,1-3H3/b5-4+. The smallest absolute Gasteiger partial charge is 0.331 e. The largest absolute Gasteiger partial charge is 0.466 e. The van der Waals surface area contributed by atoms with Gasteiger partial charge in [0.1, 0.15) is 0 Å². The zero-order chi connectivity index (χ0) is 9.40. The van der Waals surface area contributed by atoms with E-state index in [4.69, 9.17) is 4.74 Å². The molecule has 0 heterocycles. The average molecular weight is 173 g/mol. The molecule has 1 N–H and O–H groups in total. The van der Waals surface area contributed by atoms with Gasteiger partial charge in [-0.3, -0.25) is 0 Å². The predicted octanol–water partition coefficient (Wildman–Crippen LogP) is 0.298. The van der Waals surface area contributed by atoms with Crippen LogP contribution in [0, 0.1) is 0 Å². The fourth-order valence-electron chi connectivity index (χ4n) is 0.512. The number of carbonyl (C=O) groups excluding carboxylic acids is 1. The first-order chi connectivity index (χ1) is 5.70. The molecule has 12 heavy (non-hydrogen) atoms. The lowest BCUT2D eigenvalue weighted by atomic mass is 10.4. The van der Waals surface area contributed by atoms with Crippen LogP contribution in [-0.2, 0) is 14.3 Å². The van der Waals surface area contributed by atoms with Gasteiger partial charge in [0.25, 0.3) is 0 Å². The number of rotatable bonds is 5. The molecule has 0 aromatic heterocycles. The highest BCUT2D eigenvalue weighted by Crippen LogP contribution is 1.83. The Kier molecular flexibility index (Phi) is 6.09. The van der Waals surface area contributed by atoms with Gasteiger partial charge >= 0.3 is 5.97 Å². The van der Waals surface area contributed by atoms with Crippen LogP contribution in [0.3, 0.4) is 0 Å².